The number of aliphatic imine (C=N–C) groups is 1. The fraction of sp³-hybridized carbons (Fsp3) is 0.375. The van der Waals surface area contributed by atoms with E-state index in [1.165, 1.54) is 11.8 Å². The van der Waals surface area contributed by atoms with Crippen molar-refractivity contribution in [1.29, 1.82) is 0 Å². The molecule has 0 aromatic heterocycles. The largest absolute Gasteiger partial charge is 0.493 e. The highest BCUT2D eigenvalue weighted by molar-refractivity contribution is 14.1. The van der Waals surface area contributed by atoms with Gasteiger partial charge in [0.1, 0.15) is 0 Å². The molecule has 0 aliphatic carbocycles. The number of ether oxygens (including phenoxy) is 3. The number of carbonyl (C=O) groups is 1. The minimum atomic E-state index is -0.203. The third-order valence-corrected chi connectivity index (χ3v) is 5.49. The van der Waals surface area contributed by atoms with E-state index in [-0.39, 0.29) is 5.91 Å². The van der Waals surface area contributed by atoms with E-state index in [2.05, 4.69) is 32.5 Å². The van der Waals surface area contributed by atoms with Crippen molar-refractivity contribution in [2.75, 3.05) is 40.5 Å². The molecule has 0 radical (unpaired) electrons. The molecule has 128 valence electrons. The number of halogens is 1. The number of methoxy groups -OCH3 is 2. The number of nitrogens with zero attached hydrogens (tertiary/aromatic N) is 2. The number of amidine groups is 1. The second-order valence-corrected chi connectivity index (χ2v) is 7.32. The molecule has 0 unspecified atom stereocenters. The summed E-state index contributed by atoms with van der Waals surface area (Å²) in [5.41, 5.74) is 0.881. The zero-order valence-electron chi connectivity index (χ0n) is 13.4. The van der Waals surface area contributed by atoms with Crippen LogP contribution in [0.25, 0.3) is 6.08 Å². The molecule has 2 heterocycles. The summed E-state index contributed by atoms with van der Waals surface area (Å²) in [4.78, 5) is 19.1. The van der Waals surface area contributed by atoms with E-state index in [1.807, 2.05) is 18.2 Å². The van der Waals surface area contributed by atoms with E-state index in [0.29, 0.717) is 29.6 Å². The van der Waals surface area contributed by atoms with Crippen molar-refractivity contribution in [2.24, 2.45) is 4.99 Å². The summed E-state index contributed by atoms with van der Waals surface area (Å²) >= 11 is 3.60. The molecule has 0 N–H and O–H groups in total. The van der Waals surface area contributed by atoms with Crippen molar-refractivity contribution in [3.63, 3.8) is 0 Å². The average Bonchev–Trinajstić information content (AvgIpc) is 2.96. The van der Waals surface area contributed by atoms with Gasteiger partial charge >= 0.3 is 0 Å². The van der Waals surface area contributed by atoms with Crippen LogP contribution in [0.2, 0.25) is 0 Å². The van der Waals surface area contributed by atoms with Gasteiger partial charge in [-0.1, -0.05) is 0 Å². The lowest BCUT2D eigenvalue weighted by Gasteiger charge is -2.27. The maximum absolute atomic E-state index is 12.2. The van der Waals surface area contributed by atoms with Crippen molar-refractivity contribution in [3.05, 3.63) is 26.2 Å². The minimum Gasteiger partial charge on any atom is -0.493 e. The quantitative estimate of drug-likeness (QED) is 0.511. The Morgan fingerprint density at radius 3 is 2.71 bits per heavy atom. The summed E-state index contributed by atoms with van der Waals surface area (Å²) in [5, 5.41) is 0.754. The van der Waals surface area contributed by atoms with Crippen molar-refractivity contribution in [1.82, 2.24) is 4.90 Å². The predicted octanol–water partition coefficient (Wildman–Crippen LogP) is 2.61. The molecular formula is C16H17IN2O4S. The Morgan fingerprint density at radius 2 is 2.04 bits per heavy atom. The van der Waals surface area contributed by atoms with E-state index < -0.39 is 0 Å². The van der Waals surface area contributed by atoms with Crippen LogP contribution in [0, 0.1) is 3.57 Å². The third kappa shape index (κ3) is 3.70. The van der Waals surface area contributed by atoms with E-state index in [1.54, 1.807) is 14.2 Å². The molecule has 2 aliphatic heterocycles. The van der Waals surface area contributed by atoms with Crippen molar-refractivity contribution < 1.29 is 19.0 Å². The van der Waals surface area contributed by atoms with Crippen LogP contribution in [0.15, 0.2) is 22.0 Å². The molecule has 1 aromatic carbocycles. The van der Waals surface area contributed by atoms with Crippen LogP contribution in [0.5, 0.6) is 11.5 Å². The van der Waals surface area contributed by atoms with Crippen LogP contribution < -0.4 is 9.47 Å². The Bertz CT molecular complexity index is 714. The van der Waals surface area contributed by atoms with Gasteiger partial charge in [-0.25, -0.2) is 0 Å². The standard InChI is InChI=1S/C16H17IN2O4S/c1-21-12-8-10(7-11(17)14(12)22-2)9-13-15(20)18-16(24-13)19-3-5-23-6-4-19/h7-9H,3-6H2,1-2H3/b13-9-. The van der Waals surface area contributed by atoms with E-state index >= 15 is 0 Å². The first-order valence-corrected chi connectivity index (χ1v) is 9.28. The number of hydrogen-bond acceptors (Lipinski definition) is 6. The minimum absolute atomic E-state index is 0.203. The van der Waals surface area contributed by atoms with Gasteiger partial charge in [0.2, 0.25) is 0 Å². The van der Waals surface area contributed by atoms with Crippen LogP contribution in [-0.2, 0) is 9.53 Å². The molecule has 0 bridgehead atoms. The molecule has 3 rings (SSSR count). The predicted molar refractivity (Wildman–Crippen MR) is 103 cm³/mol. The number of rotatable bonds is 3. The van der Waals surface area contributed by atoms with E-state index in [0.717, 1.165) is 27.4 Å². The lowest BCUT2D eigenvalue weighted by molar-refractivity contribution is -0.113. The molecule has 1 saturated heterocycles. The van der Waals surface area contributed by atoms with E-state index in [4.69, 9.17) is 14.2 Å². The summed E-state index contributed by atoms with van der Waals surface area (Å²) in [6.07, 6.45) is 1.84. The monoisotopic (exact) mass is 460 g/mol. The Hall–Kier alpha value is -1.26. The number of morpholine rings is 1. The fourth-order valence-corrected chi connectivity index (χ4v) is 4.27. The highest BCUT2D eigenvalue weighted by atomic mass is 127. The van der Waals surface area contributed by atoms with Gasteiger partial charge in [-0.2, -0.15) is 4.99 Å². The van der Waals surface area contributed by atoms with Crippen LogP contribution in [-0.4, -0.2) is 56.5 Å². The van der Waals surface area contributed by atoms with Gasteiger partial charge in [-0.05, 0) is 58.1 Å². The molecule has 2 aliphatic rings. The van der Waals surface area contributed by atoms with Gasteiger partial charge in [0.15, 0.2) is 16.7 Å². The highest BCUT2D eigenvalue weighted by Crippen LogP contribution is 2.36. The molecule has 1 aromatic rings. The topological polar surface area (TPSA) is 60.4 Å². The molecule has 6 nitrogen and oxygen atoms in total. The Balaban J connectivity index is 1.82. The fourth-order valence-electron chi connectivity index (χ4n) is 2.46. The molecule has 0 saturated carbocycles. The number of thioether (sulfide) groups is 1. The molecular weight excluding hydrogens is 443 g/mol. The SMILES string of the molecule is COc1cc(/C=C2\SC(N3CCOCC3)=NC2=O)cc(I)c1OC. The van der Waals surface area contributed by atoms with Gasteiger partial charge in [0.25, 0.3) is 5.91 Å². The Morgan fingerprint density at radius 1 is 1.29 bits per heavy atom. The summed E-state index contributed by atoms with van der Waals surface area (Å²) < 4.78 is 17.0. The molecule has 0 atom stereocenters. The van der Waals surface area contributed by atoms with Crippen LogP contribution in [0.1, 0.15) is 5.56 Å². The second-order valence-electron chi connectivity index (χ2n) is 5.15. The summed E-state index contributed by atoms with van der Waals surface area (Å²) in [6.45, 7) is 2.86. The van der Waals surface area contributed by atoms with Crippen molar-refractivity contribution in [3.8, 4) is 11.5 Å². The van der Waals surface area contributed by atoms with Crippen LogP contribution in [0.3, 0.4) is 0 Å². The first kappa shape index (κ1) is 17.6. The Kier molecular flexibility index (Phi) is 5.67. The number of hydrogen-bond donors (Lipinski definition) is 0. The molecule has 0 spiro atoms. The number of carbonyl (C=O) groups excluding carboxylic acids is 1. The van der Waals surface area contributed by atoms with Gasteiger partial charge in [-0.15, -0.1) is 0 Å². The van der Waals surface area contributed by atoms with Crippen molar-refractivity contribution in [2.45, 2.75) is 0 Å². The van der Waals surface area contributed by atoms with Gasteiger partial charge < -0.3 is 19.1 Å². The maximum Gasteiger partial charge on any atom is 0.286 e. The number of benzene rings is 1. The number of amides is 1. The molecule has 24 heavy (non-hydrogen) atoms. The maximum atomic E-state index is 12.2. The smallest absolute Gasteiger partial charge is 0.286 e. The van der Waals surface area contributed by atoms with Crippen molar-refractivity contribution >= 4 is 51.5 Å². The molecule has 1 amide bonds. The van der Waals surface area contributed by atoms with Gasteiger partial charge in [0, 0.05) is 13.1 Å². The van der Waals surface area contributed by atoms with Gasteiger partial charge in [0.05, 0.1) is 35.9 Å². The zero-order chi connectivity index (χ0) is 17.1. The first-order chi connectivity index (χ1) is 11.6. The summed E-state index contributed by atoms with van der Waals surface area (Å²) in [5.74, 6) is 1.13. The summed E-state index contributed by atoms with van der Waals surface area (Å²) in [6, 6.07) is 3.81. The Labute approximate surface area is 158 Å². The second kappa shape index (κ2) is 7.75. The average molecular weight is 460 g/mol. The molecule has 1 fully saturated rings. The van der Waals surface area contributed by atoms with Crippen LogP contribution >= 0.6 is 34.4 Å². The van der Waals surface area contributed by atoms with Gasteiger partial charge in [-0.3, -0.25) is 4.79 Å². The van der Waals surface area contributed by atoms with E-state index in [9.17, 15) is 4.79 Å². The summed E-state index contributed by atoms with van der Waals surface area (Å²) in [7, 11) is 3.21. The lowest BCUT2D eigenvalue weighted by Crippen LogP contribution is -2.38. The normalized spacial score (nSPS) is 19.6. The van der Waals surface area contributed by atoms with Crippen LogP contribution in [0.4, 0.5) is 0 Å². The third-order valence-electron chi connectivity index (χ3n) is 3.64. The lowest BCUT2D eigenvalue weighted by atomic mass is 10.2. The molecule has 8 heteroatoms. The zero-order valence-corrected chi connectivity index (χ0v) is 16.3. The first-order valence-electron chi connectivity index (χ1n) is 7.39. The highest BCUT2D eigenvalue weighted by Gasteiger charge is 2.27.